The number of benzene rings is 5. The summed E-state index contributed by atoms with van der Waals surface area (Å²) in [5, 5.41) is 5.36. The van der Waals surface area contributed by atoms with Gasteiger partial charge in [-0.05, 0) is 71.7 Å². The van der Waals surface area contributed by atoms with Gasteiger partial charge in [0.25, 0.3) is 0 Å². The van der Waals surface area contributed by atoms with E-state index in [2.05, 4.69) is 152 Å². The van der Waals surface area contributed by atoms with Crippen molar-refractivity contribution in [2.45, 2.75) is 56.3 Å². The number of hydrogen-bond acceptors (Lipinski definition) is 1. The lowest BCUT2D eigenvalue weighted by molar-refractivity contribution is -0.400. The minimum Gasteiger partial charge on any atom is -0.347 e. The molecule has 0 radical (unpaired) electrons. The van der Waals surface area contributed by atoms with Crippen LogP contribution in [0.5, 0.6) is 0 Å². The minimum atomic E-state index is -0.162. The van der Waals surface area contributed by atoms with Gasteiger partial charge in [-0.1, -0.05) is 116 Å². The molecule has 218 valence electrons. The quantitative estimate of drug-likeness (QED) is 0.194. The normalized spacial score (nSPS) is 21.7. The molecule has 0 N–H and O–H groups in total. The Hall–Kier alpha value is -4.43. The second-order valence-corrected chi connectivity index (χ2v) is 13.4. The number of fused-ring (bicyclic) bond motifs is 7. The molecule has 0 bridgehead atoms. The average Bonchev–Trinajstić information content (AvgIpc) is 3.41. The van der Waals surface area contributed by atoms with Crippen molar-refractivity contribution < 1.29 is 4.58 Å². The molecule has 2 aliphatic heterocycles. The number of likely N-dealkylation sites (N-methyl/N-ethyl adjacent to an activating group) is 1. The summed E-state index contributed by atoms with van der Waals surface area (Å²) >= 11 is 0. The molecule has 1 aliphatic carbocycles. The lowest BCUT2D eigenvalue weighted by atomic mass is 9.67. The van der Waals surface area contributed by atoms with Crippen LogP contribution in [0.15, 0.2) is 127 Å². The van der Waals surface area contributed by atoms with Crippen molar-refractivity contribution in [2.75, 3.05) is 19.0 Å². The Bertz CT molecular complexity index is 2000. The maximum Gasteiger partial charge on any atom is 0.217 e. The molecule has 2 heterocycles. The van der Waals surface area contributed by atoms with E-state index < -0.39 is 0 Å². The van der Waals surface area contributed by atoms with Gasteiger partial charge in [0.1, 0.15) is 7.05 Å². The van der Waals surface area contributed by atoms with Crippen LogP contribution in [0.4, 0.5) is 11.4 Å². The topological polar surface area (TPSA) is 6.25 Å². The zero-order valence-electron chi connectivity index (χ0n) is 26.2. The van der Waals surface area contributed by atoms with Gasteiger partial charge in [-0.25, -0.2) is 0 Å². The first-order valence-electron chi connectivity index (χ1n) is 16.3. The molecule has 0 saturated heterocycles. The average molecular weight is 574 g/mol. The molecule has 2 nitrogen and oxygen atoms in total. The molecule has 1 saturated carbocycles. The van der Waals surface area contributed by atoms with Gasteiger partial charge in [-0.2, -0.15) is 4.58 Å². The Balaban J connectivity index is 1.27. The van der Waals surface area contributed by atoms with Gasteiger partial charge in [0, 0.05) is 35.5 Å². The van der Waals surface area contributed by atoms with Crippen LogP contribution in [-0.4, -0.2) is 24.4 Å². The first kappa shape index (κ1) is 27.1. The summed E-state index contributed by atoms with van der Waals surface area (Å²) in [7, 11) is 4.55. The summed E-state index contributed by atoms with van der Waals surface area (Å²) in [6.45, 7) is 2.45. The van der Waals surface area contributed by atoms with E-state index in [4.69, 9.17) is 0 Å². The number of rotatable bonds is 4. The maximum absolute atomic E-state index is 2.52. The van der Waals surface area contributed by atoms with Crippen LogP contribution in [0, 0.1) is 0 Å². The first-order chi connectivity index (χ1) is 21.5. The highest BCUT2D eigenvalue weighted by atomic mass is 15.2. The highest BCUT2D eigenvalue weighted by molar-refractivity contribution is 6.08. The summed E-state index contributed by atoms with van der Waals surface area (Å²) in [6, 6.07) is 38.2. The molecule has 5 aromatic rings. The Morgan fingerprint density at radius 2 is 1.41 bits per heavy atom. The van der Waals surface area contributed by atoms with Crippen LogP contribution in [0.3, 0.4) is 0 Å². The van der Waals surface area contributed by atoms with E-state index in [1.54, 1.807) is 0 Å². The number of hydrogen-bond donors (Lipinski definition) is 0. The minimum absolute atomic E-state index is 0.0927. The Kier molecular flexibility index (Phi) is 6.38. The fourth-order valence-electron chi connectivity index (χ4n) is 8.99. The number of allylic oxidation sites excluding steroid dienone is 4. The van der Waals surface area contributed by atoms with Gasteiger partial charge in [0.15, 0.2) is 5.71 Å². The van der Waals surface area contributed by atoms with E-state index in [1.165, 1.54) is 93.1 Å². The molecule has 3 aliphatic rings. The molecule has 0 aromatic heterocycles. The van der Waals surface area contributed by atoms with E-state index >= 15 is 0 Å². The standard InChI is InChI=1S/C42H41N2/c1-41(29-30-15-6-4-7-16-30)37(43(2)36-26-24-31-17-8-10-19-33(31)39(36)41)21-14-22-38-42(27-12-5-13-28-42)35-25-23-32-18-9-11-20-34(32)40(35)44(38)3/h4,6-11,14-26H,5,12-13,27-29H2,1-3H3/q+1. The number of anilines is 1. The third-order valence-corrected chi connectivity index (χ3v) is 11.0. The molecule has 0 amide bonds. The number of nitrogens with zero attached hydrogens (tertiary/aromatic N) is 2. The highest BCUT2D eigenvalue weighted by Gasteiger charge is 2.51. The molecular formula is C42H41N2+. The molecule has 2 heteroatoms. The van der Waals surface area contributed by atoms with Crippen molar-refractivity contribution in [1.29, 1.82) is 0 Å². The summed E-state index contributed by atoms with van der Waals surface area (Å²) < 4.78 is 2.52. The van der Waals surface area contributed by atoms with Gasteiger partial charge in [-0.15, -0.1) is 0 Å². The van der Waals surface area contributed by atoms with Crippen LogP contribution in [-0.2, 0) is 17.3 Å². The van der Waals surface area contributed by atoms with Crippen molar-refractivity contribution in [3.8, 4) is 0 Å². The largest absolute Gasteiger partial charge is 0.347 e. The second kappa shape index (κ2) is 10.3. The predicted octanol–water partition coefficient (Wildman–Crippen LogP) is 10.0. The van der Waals surface area contributed by atoms with Crippen LogP contribution in [0.1, 0.15) is 55.7 Å². The Morgan fingerprint density at radius 3 is 2.18 bits per heavy atom. The molecule has 8 rings (SSSR count). The Labute approximate surface area is 261 Å². The zero-order chi connectivity index (χ0) is 29.9. The monoisotopic (exact) mass is 573 g/mol. The zero-order valence-corrected chi connectivity index (χ0v) is 26.2. The highest BCUT2D eigenvalue weighted by Crippen LogP contribution is 2.53. The van der Waals surface area contributed by atoms with E-state index in [0.29, 0.717) is 0 Å². The van der Waals surface area contributed by atoms with Crippen LogP contribution >= 0.6 is 0 Å². The maximum atomic E-state index is 2.52. The fraction of sp³-hybridized carbons (Fsp3) is 0.262. The lowest BCUT2D eigenvalue weighted by Crippen LogP contribution is -2.36. The molecular weight excluding hydrogens is 532 g/mol. The third-order valence-electron chi connectivity index (χ3n) is 11.0. The summed E-state index contributed by atoms with van der Waals surface area (Å²) in [6.07, 6.45) is 14.5. The third kappa shape index (κ3) is 3.97. The summed E-state index contributed by atoms with van der Waals surface area (Å²) in [5.41, 5.74) is 9.79. The smallest absolute Gasteiger partial charge is 0.217 e. The Morgan fingerprint density at radius 1 is 0.750 bits per heavy atom. The molecule has 1 atom stereocenters. The first-order valence-corrected chi connectivity index (χ1v) is 16.3. The van der Waals surface area contributed by atoms with Crippen LogP contribution in [0.25, 0.3) is 21.5 Å². The van der Waals surface area contributed by atoms with Gasteiger partial charge in [0.05, 0.1) is 10.8 Å². The van der Waals surface area contributed by atoms with Gasteiger partial charge < -0.3 is 4.90 Å². The van der Waals surface area contributed by atoms with Crippen molar-refractivity contribution in [3.63, 3.8) is 0 Å². The van der Waals surface area contributed by atoms with Crippen molar-refractivity contribution in [1.82, 2.24) is 0 Å². The summed E-state index contributed by atoms with van der Waals surface area (Å²) in [4.78, 5) is 2.44. The molecule has 5 aromatic carbocycles. The van der Waals surface area contributed by atoms with Gasteiger partial charge in [-0.3, -0.25) is 0 Å². The second-order valence-electron chi connectivity index (χ2n) is 13.4. The summed E-state index contributed by atoms with van der Waals surface area (Å²) in [5.74, 6) is 0. The molecule has 44 heavy (non-hydrogen) atoms. The van der Waals surface area contributed by atoms with E-state index in [0.717, 1.165) is 6.42 Å². The molecule has 1 spiro atoms. The van der Waals surface area contributed by atoms with Crippen molar-refractivity contribution in [3.05, 3.63) is 144 Å². The molecule has 1 fully saturated rings. The van der Waals surface area contributed by atoms with Crippen molar-refractivity contribution in [2.24, 2.45) is 0 Å². The van der Waals surface area contributed by atoms with Gasteiger partial charge >= 0.3 is 0 Å². The van der Waals surface area contributed by atoms with Crippen molar-refractivity contribution >= 4 is 38.6 Å². The lowest BCUT2D eigenvalue weighted by Gasteiger charge is -2.31. The SMILES string of the molecule is CN1C(=CC=CC2=[N+](C)c3c(ccc4ccccc34)C23CCCCC3)C(C)(Cc2ccccc2)c2c1ccc1ccccc21. The van der Waals surface area contributed by atoms with E-state index in [1.807, 2.05) is 0 Å². The molecule has 1 unspecified atom stereocenters. The predicted molar refractivity (Wildman–Crippen MR) is 187 cm³/mol. The van der Waals surface area contributed by atoms with Crippen LogP contribution < -0.4 is 4.90 Å². The fourth-order valence-corrected chi connectivity index (χ4v) is 8.99. The van der Waals surface area contributed by atoms with E-state index in [-0.39, 0.29) is 10.8 Å². The van der Waals surface area contributed by atoms with E-state index in [9.17, 15) is 0 Å². The van der Waals surface area contributed by atoms with Crippen LogP contribution in [0.2, 0.25) is 0 Å². The van der Waals surface area contributed by atoms with Gasteiger partial charge in [0.2, 0.25) is 5.69 Å².